The van der Waals surface area contributed by atoms with Gasteiger partial charge in [-0.25, -0.2) is 13.1 Å². The van der Waals surface area contributed by atoms with Crippen LogP contribution in [0.1, 0.15) is 20.8 Å². The Labute approximate surface area is 145 Å². The number of ether oxygens (including phenoxy) is 1. The second kappa shape index (κ2) is 8.30. The van der Waals surface area contributed by atoms with Crippen molar-refractivity contribution >= 4 is 32.4 Å². The zero-order valence-electron chi connectivity index (χ0n) is 14.0. The Morgan fingerprint density at radius 1 is 1.33 bits per heavy atom. The lowest BCUT2D eigenvalue weighted by molar-refractivity contribution is -0.114. The lowest BCUT2D eigenvalue weighted by Crippen LogP contribution is -2.51. The fraction of sp³-hybridized carbons (Fsp3) is 0.769. The summed E-state index contributed by atoms with van der Waals surface area (Å²) in [4.78, 5) is 13.2. The first kappa shape index (κ1) is 19.2. The van der Waals surface area contributed by atoms with Gasteiger partial charge in [-0.15, -0.1) is 10.2 Å². The fourth-order valence-electron chi connectivity index (χ4n) is 2.47. The Morgan fingerprint density at radius 3 is 2.58 bits per heavy atom. The molecule has 1 unspecified atom stereocenters. The lowest BCUT2D eigenvalue weighted by atomic mass is 10.0. The van der Waals surface area contributed by atoms with Crippen LogP contribution in [0.2, 0.25) is 0 Å². The van der Waals surface area contributed by atoms with Gasteiger partial charge in [-0.1, -0.05) is 25.2 Å². The molecule has 1 atom stereocenters. The highest BCUT2D eigenvalue weighted by Gasteiger charge is 2.27. The van der Waals surface area contributed by atoms with Crippen LogP contribution < -0.4 is 10.0 Å². The quantitative estimate of drug-likeness (QED) is 0.649. The molecule has 136 valence electrons. The SMILES string of the molecule is CC(=O)Nc1nnc(S(=O)(=O)NCC(C(C)C)N2CCOCC2)s1. The molecule has 1 aromatic rings. The van der Waals surface area contributed by atoms with E-state index in [4.69, 9.17) is 4.74 Å². The second-order valence-corrected chi connectivity index (χ2v) is 8.78. The Balaban J connectivity index is 2.01. The maximum atomic E-state index is 12.4. The normalized spacial score (nSPS) is 17.8. The van der Waals surface area contributed by atoms with Crippen molar-refractivity contribution in [2.45, 2.75) is 31.2 Å². The molecular formula is C13H23N5O4S2. The number of nitrogens with one attached hydrogen (secondary N) is 2. The van der Waals surface area contributed by atoms with Gasteiger partial charge in [0, 0.05) is 32.6 Å². The summed E-state index contributed by atoms with van der Waals surface area (Å²) in [7, 11) is -3.76. The Morgan fingerprint density at radius 2 is 2.00 bits per heavy atom. The molecule has 11 heteroatoms. The van der Waals surface area contributed by atoms with Crippen LogP contribution in [0.25, 0.3) is 0 Å². The summed E-state index contributed by atoms with van der Waals surface area (Å²) in [5.74, 6) is -0.0367. The highest BCUT2D eigenvalue weighted by Crippen LogP contribution is 2.20. The summed E-state index contributed by atoms with van der Waals surface area (Å²) in [5.41, 5.74) is 0. The van der Waals surface area contributed by atoms with Crippen LogP contribution in [0.15, 0.2) is 4.34 Å². The molecule has 0 aromatic carbocycles. The van der Waals surface area contributed by atoms with Gasteiger partial charge >= 0.3 is 0 Å². The maximum absolute atomic E-state index is 12.4. The number of amides is 1. The van der Waals surface area contributed by atoms with E-state index in [0.717, 1.165) is 24.4 Å². The summed E-state index contributed by atoms with van der Waals surface area (Å²) in [5, 5.41) is 9.90. The molecule has 1 saturated heterocycles. The van der Waals surface area contributed by atoms with Gasteiger partial charge in [-0.2, -0.15) is 0 Å². The first-order valence-corrected chi connectivity index (χ1v) is 10.0. The number of nitrogens with zero attached hydrogens (tertiary/aromatic N) is 3. The van der Waals surface area contributed by atoms with Gasteiger partial charge in [-0.3, -0.25) is 9.69 Å². The number of carbonyl (C=O) groups is 1. The second-order valence-electron chi connectivity index (χ2n) is 5.87. The summed E-state index contributed by atoms with van der Waals surface area (Å²) in [6.45, 7) is 8.63. The van der Waals surface area contributed by atoms with Crippen LogP contribution in [0.5, 0.6) is 0 Å². The molecule has 1 aromatic heterocycles. The van der Waals surface area contributed by atoms with Gasteiger partial charge in [0.25, 0.3) is 10.0 Å². The number of aromatic nitrogens is 2. The van der Waals surface area contributed by atoms with Gasteiger partial charge in [-0.05, 0) is 5.92 Å². The zero-order valence-corrected chi connectivity index (χ0v) is 15.6. The number of anilines is 1. The summed E-state index contributed by atoms with van der Waals surface area (Å²) in [6, 6.07) is 0.0754. The standard InChI is InChI=1S/C13H23N5O4S2/c1-9(2)11(18-4-6-22-7-5-18)8-14-24(20,21)13-17-16-12(23-13)15-10(3)19/h9,11,14H,4-8H2,1-3H3,(H,15,16,19). The van der Waals surface area contributed by atoms with Crippen molar-refractivity contribution in [1.29, 1.82) is 0 Å². The Kier molecular flexibility index (Phi) is 6.63. The van der Waals surface area contributed by atoms with Crippen molar-refractivity contribution in [3.05, 3.63) is 0 Å². The van der Waals surface area contributed by atoms with Crippen LogP contribution in [-0.2, 0) is 19.6 Å². The third-order valence-electron chi connectivity index (χ3n) is 3.69. The maximum Gasteiger partial charge on any atom is 0.269 e. The minimum atomic E-state index is -3.76. The van der Waals surface area contributed by atoms with E-state index in [0.29, 0.717) is 13.2 Å². The van der Waals surface area contributed by atoms with E-state index in [1.165, 1.54) is 6.92 Å². The van der Waals surface area contributed by atoms with E-state index in [1.807, 2.05) is 0 Å². The van der Waals surface area contributed by atoms with E-state index >= 15 is 0 Å². The summed E-state index contributed by atoms with van der Waals surface area (Å²) >= 11 is 0.826. The number of sulfonamides is 1. The third kappa shape index (κ3) is 5.18. The summed E-state index contributed by atoms with van der Waals surface area (Å²) in [6.07, 6.45) is 0. The molecule has 0 radical (unpaired) electrons. The van der Waals surface area contributed by atoms with Gasteiger partial charge in [0.1, 0.15) is 0 Å². The van der Waals surface area contributed by atoms with E-state index < -0.39 is 10.0 Å². The molecule has 1 aliphatic rings. The number of morpholine rings is 1. The molecule has 2 N–H and O–H groups in total. The molecule has 0 aliphatic carbocycles. The predicted molar refractivity (Wildman–Crippen MR) is 90.4 cm³/mol. The minimum absolute atomic E-state index is 0.0754. The molecule has 2 rings (SSSR count). The van der Waals surface area contributed by atoms with Crippen molar-refractivity contribution < 1.29 is 17.9 Å². The number of carbonyl (C=O) groups excluding carboxylic acids is 1. The summed E-state index contributed by atoms with van der Waals surface area (Å²) < 4.78 is 32.6. The van der Waals surface area contributed by atoms with Gasteiger partial charge in [0.2, 0.25) is 15.4 Å². The molecule has 9 nitrogen and oxygen atoms in total. The average molecular weight is 377 g/mol. The van der Waals surface area contributed by atoms with Crippen molar-refractivity contribution in [2.75, 3.05) is 38.2 Å². The zero-order chi connectivity index (χ0) is 17.7. The van der Waals surface area contributed by atoms with Gasteiger partial charge < -0.3 is 10.1 Å². The topological polar surface area (TPSA) is 114 Å². The van der Waals surface area contributed by atoms with Crippen molar-refractivity contribution in [1.82, 2.24) is 19.8 Å². The lowest BCUT2D eigenvalue weighted by Gasteiger charge is -2.36. The smallest absolute Gasteiger partial charge is 0.269 e. The Bertz CT molecular complexity index is 655. The minimum Gasteiger partial charge on any atom is -0.379 e. The highest BCUT2D eigenvalue weighted by atomic mass is 32.2. The molecule has 0 bridgehead atoms. The number of rotatable bonds is 7. The monoisotopic (exact) mass is 377 g/mol. The van der Waals surface area contributed by atoms with Crippen molar-refractivity contribution in [2.24, 2.45) is 5.92 Å². The highest BCUT2D eigenvalue weighted by molar-refractivity contribution is 7.91. The first-order chi connectivity index (χ1) is 11.3. The van der Waals surface area contributed by atoms with E-state index in [2.05, 4.69) is 39.0 Å². The third-order valence-corrected chi connectivity index (χ3v) is 6.32. The van der Waals surface area contributed by atoms with E-state index in [1.54, 1.807) is 0 Å². The fourth-order valence-corrected chi connectivity index (χ4v) is 4.51. The number of hydrogen-bond donors (Lipinski definition) is 2. The van der Waals surface area contributed by atoms with E-state index in [-0.39, 0.29) is 33.9 Å². The van der Waals surface area contributed by atoms with Crippen LogP contribution in [0.4, 0.5) is 5.13 Å². The van der Waals surface area contributed by atoms with Crippen LogP contribution in [0.3, 0.4) is 0 Å². The molecule has 1 amide bonds. The molecule has 24 heavy (non-hydrogen) atoms. The van der Waals surface area contributed by atoms with Gasteiger partial charge in [0.05, 0.1) is 13.2 Å². The van der Waals surface area contributed by atoms with E-state index in [9.17, 15) is 13.2 Å². The van der Waals surface area contributed by atoms with Crippen molar-refractivity contribution in [3.63, 3.8) is 0 Å². The molecular weight excluding hydrogens is 354 g/mol. The average Bonchev–Trinajstić information content (AvgIpc) is 2.96. The van der Waals surface area contributed by atoms with Crippen LogP contribution in [0, 0.1) is 5.92 Å². The van der Waals surface area contributed by atoms with Gasteiger partial charge in [0.15, 0.2) is 0 Å². The molecule has 1 aliphatic heterocycles. The predicted octanol–water partition coefficient (Wildman–Crippen LogP) is 0.132. The Hall–Kier alpha value is -1.14. The molecule has 2 heterocycles. The number of hydrogen-bond acceptors (Lipinski definition) is 8. The van der Waals surface area contributed by atoms with Crippen LogP contribution >= 0.6 is 11.3 Å². The first-order valence-electron chi connectivity index (χ1n) is 7.72. The molecule has 0 spiro atoms. The van der Waals surface area contributed by atoms with Crippen molar-refractivity contribution in [3.8, 4) is 0 Å². The largest absolute Gasteiger partial charge is 0.379 e. The van der Waals surface area contributed by atoms with Crippen LogP contribution in [-0.4, -0.2) is 68.3 Å². The molecule has 0 saturated carbocycles. The molecule has 1 fully saturated rings.